The van der Waals surface area contributed by atoms with Gasteiger partial charge in [0, 0.05) is 17.0 Å². The second-order valence-corrected chi connectivity index (χ2v) is 8.20. The Hall–Kier alpha value is -2.87. The Bertz CT molecular complexity index is 897. The Balaban J connectivity index is 2.01. The van der Waals surface area contributed by atoms with E-state index in [0.29, 0.717) is 5.92 Å². The summed E-state index contributed by atoms with van der Waals surface area (Å²) >= 11 is 0. The minimum atomic E-state index is -0.412. The molecule has 0 heterocycles. The molecular formula is C26H29NO. The summed E-state index contributed by atoms with van der Waals surface area (Å²) < 4.78 is 0. The van der Waals surface area contributed by atoms with Gasteiger partial charge in [-0.3, -0.25) is 4.79 Å². The fraction of sp³-hybridized carbons (Fsp3) is 0.269. The monoisotopic (exact) mass is 371 g/mol. The van der Waals surface area contributed by atoms with Gasteiger partial charge in [0.2, 0.25) is 5.91 Å². The van der Waals surface area contributed by atoms with E-state index in [1.807, 2.05) is 39.0 Å². The van der Waals surface area contributed by atoms with E-state index >= 15 is 0 Å². The van der Waals surface area contributed by atoms with Crippen LogP contribution in [0.2, 0.25) is 0 Å². The summed E-state index contributed by atoms with van der Waals surface area (Å²) in [4.78, 5) is 12.3. The summed E-state index contributed by atoms with van der Waals surface area (Å²) in [6.45, 7) is 7.98. The number of carbonyl (C=O) groups excluding carboxylic acids is 1. The first-order valence-electron chi connectivity index (χ1n) is 9.95. The van der Waals surface area contributed by atoms with Crippen molar-refractivity contribution < 1.29 is 4.79 Å². The highest BCUT2D eigenvalue weighted by Crippen LogP contribution is 2.35. The molecule has 0 aliphatic heterocycles. The van der Waals surface area contributed by atoms with Crippen LogP contribution < -0.4 is 5.32 Å². The van der Waals surface area contributed by atoms with Crippen molar-refractivity contribution in [2.75, 3.05) is 5.32 Å². The summed E-state index contributed by atoms with van der Waals surface area (Å²) in [7, 11) is 0. The van der Waals surface area contributed by atoms with Crippen LogP contribution in [0.25, 0.3) is 5.57 Å². The summed E-state index contributed by atoms with van der Waals surface area (Å²) in [5, 5.41) is 3.01. The third-order valence-electron chi connectivity index (χ3n) is 5.03. The van der Waals surface area contributed by atoms with Crippen molar-refractivity contribution in [1.82, 2.24) is 0 Å². The predicted molar refractivity (Wildman–Crippen MR) is 119 cm³/mol. The van der Waals surface area contributed by atoms with Crippen molar-refractivity contribution in [3.05, 3.63) is 95.6 Å². The predicted octanol–water partition coefficient (Wildman–Crippen LogP) is 6.63. The number of nitrogens with one attached hydrogen (secondary N) is 1. The van der Waals surface area contributed by atoms with E-state index in [0.717, 1.165) is 12.1 Å². The quantitative estimate of drug-likeness (QED) is 0.628. The maximum absolute atomic E-state index is 12.3. The van der Waals surface area contributed by atoms with Gasteiger partial charge in [0.1, 0.15) is 0 Å². The van der Waals surface area contributed by atoms with E-state index in [1.165, 1.54) is 22.3 Å². The number of benzene rings is 2. The molecule has 2 aromatic rings. The molecule has 0 saturated carbocycles. The van der Waals surface area contributed by atoms with Gasteiger partial charge in [0.15, 0.2) is 0 Å². The molecular weight excluding hydrogens is 342 g/mol. The fourth-order valence-electron chi connectivity index (χ4n) is 3.42. The molecule has 144 valence electrons. The molecule has 0 bridgehead atoms. The molecule has 2 heteroatoms. The highest BCUT2D eigenvalue weighted by Gasteiger charge is 2.21. The molecule has 1 amide bonds. The van der Waals surface area contributed by atoms with Crippen LogP contribution in [-0.2, 0) is 4.79 Å². The van der Waals surface area contributed by atoms with Gasteiger partial charge in [-0.15, -0.1) is 0 Å². The summed E-state index contributed by atoms with van der Waals surface area (Å²) in [6.07, 6.45) is 9.72. The standard InChI is InChI=1S/C26H29NO/c1-5-23(19-11-9-10-12-19)24(20-13-7-6-8-14-20)21-15-17-22(18-16-21)27-25(28)26(2,3)4/h6-19H,5H2,1-4H3,(H,27,28)/b24-23+. The fourth-order valence-corrected chi connectivity index (χ4v) is 3.42. The number of hydrogen-bond acceptors (Lipinski definition) is 1. The first kappa shape index (κ1) is 19.9. The van der Waals surface area contributed by atoms with Gasteiger partial charge in [-0.05, 0) is 35.3 Å². The molecule has 3 rings (SSSR count). The van der Waals surface area contributed by atoms with Crippen LogP contribution in [-0.4, -0.2) is 5.91 Å². The van der Waals surface area contributed by atoms with Crippen molar-refractivity contribution in [1.29, 1.82) is 0 Å². The van der Waals surface area contributed by atoms with E-state index in [1.54, 1.807) is 0 Å². The zero-order valence-electron chi connectivity index (χ0n) is 17.2. The lowest BCUT2D eigenvalue weighted by Gasteiger charge is -2.20. The third kappa shape index (κ3) is 4.51. The van der Waals surface area contributed by atoms with E-state index < -0.39 is 5.41 Å². The SMILES string of the molecule is CC/C(=C(/c1ccccc1)c1ccc(NC(=O)C(C)(C)C)cc1)C1C=CC=C1. The van der Waals surface area contributed by atoms with Crippen LogP contribution in [0.1, 0.15) is 45.2 Å². The van der Waals surface area contributed by atoms with E-state index in [2.05, 4.69) is 72.9 Å². The van der Waals surface area contributed by atoms with Crippen molar-refractivity contribution in [2.45, 2.75) is 34.1 Å². The Labute approximate surface area is 168 Å². The highest BCUT2D eigenvalue weighted by molar-refractivity contribution is 5.94. The van der Waals surface area contributed by atoms with E-state index in [4.69, 9.17) is 0 Å². The van der Waals surface area contributed by atoms with Gasteiger partial charge in [0.25, 0.3) is 0 Å². The average molecular weight is 372 g/mol. The molecule has 1 aliphatic rings. The maximum atomic E-state index is 12.3. The topological polar surface area (TPSA) is 29.1 Å². The van der Waals surface area contributed by atoms with Gasteiger partial charge >= 0.3 is 0 Å². The number of allylic oxidation sites excluding steroid dienone is 5. The van der Waals surface area contributed by atoms with Crippen molar-refractivity contribution in [3.63, 3.8) is 0 Å². The molecule has 1 aliphatic carbocycles. The lowest BCUT2D eigenvalue weighted by molar-refractivity contribution is -0.123. The van der Waals surface area contributed by atoms with Gasteiger partial charge in [-0.25, -0.2) is 0 Å². The van der Waals surface area contributed by atoms with Crippen LogP contribution in [0.15, 0.2) is 84.5 Å². The number of amides is 1. The van der Waals surface area contributed by atoms with Crippen LogP contribution in [0, 0.1) is 11.3 Å². The number of rotatable bonds is 5. The molecule has 0 radical (unpaired) electrons. The lowest BCUT2D eigenvalue weighted by Crippen LogP contribution is -2.27. The summed E-state index contributed by atoms with van der Waals surface area (Å²) in [6, 6.07) is 18.8. The average Bonchev–Trinajstić information content (AvgIpc) is 3.21. The molecule has 0 saturated heterocycles. The Morgan fingerprint density at radius 2 is 1.46 bits per heavy atom. The molecule has 28 heavy (non-hydrogen) atoms. The van der Waals surface area contributed by atoms with Gasteiger partial charge in [-0.1, -0.05) is 100 Å². The summed E-state index contributed by atoms with van der Waals surface area (Å²) in [5.74, 6) is 0.357. The van der Waals surface area contributed by atoms with Crippen LogP contribution in [0.5, 0.6) is 0 Å². The number of carbonyl (C=O) groups is 1. The third-order valence-corrected chi connectivity index (χ3v) is 5.03. The molecule has 0 fully saturated rings. The minimum Gasteiger partial charge on any atom is -0.326 e. The molecule has 2 aromatic carbocycles. The van der Waals surface area contributed by atoms with Gasteiger partial charge in [-0.2, -0.15) is 0 Å². The van der Waals surface area contributed by atoms with Gasteiger partial charge in [0.05, 0.1) is 0 Å². The Kier molecular flexibility index (Phi) is 5.99. The van der Waals surface area contributed by atoms with Crippen LogP contribution in [0.4, 0.5) is 5.69 Å². The Morgan fingerprint density at radius 3 is 2.00 bits per heavy atom. The zero-order valence-corrected chi connectivity index (χ0v) is 17.2. The molecule has 2 nitrogen and oxygen atoms in total. The smallest absolute Gasteiger partial charge is 0.229 e. The molecule has 0 aromatic heterocycles. The van der Waals surface area contributed by atoms with E-state index in [9.17, 15) is 4.79 Å². The Morgan fingerprint density at radius 1 is 0.893 bits per heavy atom. The van der Waals surface area contributed by atoms with Crippen molar-refractivity contribution >= 4 is 17.2 Å². The lowest BCUT2D eigenvalue weighted by atomic mass is 9.85. The van der Waals surface area contributed by atoms with Crippen molar-refractivity contribution in [2.24, 2.45) is 11.3 Å². The minimum absolute atomic E-state index is 0.0227. The van der Waals surface area contributed by atoms with Gasteiger partial charge < -0.3 is 5.32 Å². The number of hydrogen-bond donors (Lipinski definition) is 1. The first-order chi connectivity index (χ1) is 13.4. The highest BCUT2D eigenvalue weighted by atomic mass is 16.2. The molecule has 0 atom stereocenters. The maximum Gasteiger partial charge on any atom is 0.229 e. The zero-order chi connectivity index (χ0) is 20.1. The van der Waals surface area contributed by atoms with E-state index in [-0.39, 0.29) is 5.91 Å². The molecule has 0 spiro atoms. The van der Waals surface area contributed by atoms with Crippen molar-refractivity contribution in [3.8, 4) is 0 Å². The second kappa shape index (κ2) is 8.43. The summed E-state index contributed by atoms with van der Waals surface area (Å²) in [5.41, 5.74) is 5.49. The first-order valence-corrected chi connectivity index (χ1v) is 9.95. The molecule has 0 unspecified atom stereocenters. The van der Waals surface area contributed by atoms with Crippen LogP contribution >= 0.6 is 0 Å². The molecule has 1 N–H and O–H groups in total. The second-order valence-electron chi connectivity index (χ2n) is 8.20. The van der Waals surface area contributed by atoms with Crippen LogP contribution in [0.3, 0.4) is 0 Å². The number of anilines is 1. The normalized spacial score (nSPS) is 14.9. The largest absolute Gasteiger partial charge is 0.326 e.